The van der Waals surface area contributed by atoms with Crippen LogP contribution in [0.1, 0.15) is 24.6 Å². The smallest absolute Gasteiger partial charge is 0.391 e. The van der Waals surface area contributed by atoms with Crippen molar-refractivity contribution in [2.24, 2.45) is 13.0 Å². The standard InChI is InChI=1S/C13H19F3N4O2/c1-8-3-4-20(7-10(8)21)12(22)17-5-9-6-19(2)18-11(9)13(14,15)16/h6,8,10,21H,3-5,7H2,1-2H3,(H,17,22). The summed E-state index contributed by atoms with van der Waals surface area (Å²) in [6.45, 7) is 2.30. The van der Waals surface area contributed by atoms with Gasteiger partial charge in [0, 0.05) is 38.4 Å². The molecular weight excluding hydrogens is 301 g/mol. The number of urea groups is 1. The number of piperidine rings is 1. The highest BCUT2D eigenvalue weighted by molar-refractivity contribution is 5.74. The van der Waals surface area contributed by atoms with Gasteiger partial charge in [0.25, 0.3) is 0 Å². The zero-order chi connectivity index (χ0) is 16.5. The van der Waals surface area contributed by atoms with Crippen molar-refractivity contribution in [1.29, 1.82) is 0 Å². The molecule has 2 rings (SSSR count). The SMILES string of the molecule is CC1CCN(C(=O)NCc2cn(C)nc2C(F)(F)F)CC1O. The normalized spacial score (nSPS) is 22.7. The monoisotopic (exact) mass is 320 g/mol. The van der Waals surface area contributed by atoms with Gasteiger partial charge < -0.3 is 15.3 Å². The minimum Gasteiger partial charge on any atom is -0.391 e. The topological polar surface area (TPSA) is 70.4 Å². The van der Waals surface area contributed by atoms with Crippen molar-refractivity contribution in [2.45, 2.75) is 32.2 Å². The van der Waals surface area contributed by atoms with Crippen LogP contribution in [-0.4, -0.2) is 45.0 Å². The second-order valence-electron chi connectivity index (χ2n) is 5.61. The van der Waals surface area contributed by atoms with Crippen molar-refractivity contribution in [3.63, 3.8) is 0 Å². The van der Waals surface area contributed by atoms with Gasteiger partial charge >= 0.3 is 12.2 Å². The maximum absolute atomic E-state index is 12.8. The highest BCUT2D eigenvalue weighted by Crippen LogP contribution is 2.30. The quantitative estimate of drug-likeness (QED) is 0.864. The average molecular weight is 320 g/mol. The summed E-state index contributed by atoms with van der Waals surface area (Å²) in [6, 6.07) is -0.483. The third-order valence-electron chi connectivity index (χ3n) is 3.81. The molecule has 2 amide bonds. The maximum atomic E-state index is 12.8. The largest absolute Gasteiger partial charge is 0.435 e. The number of hydrogen-bond donors (Lipinski definition) is 2. The van der Waals surface area contributed by atoms with Gasteiger partial charge in [-0.15, -0.1) is 0 Å². The number of likely N-dealkylation sites (tertiary alicyclic amines) is 1. The maximum Gasteiger partial charge on any atom is 0.435 e. The number of aryl methyl sites for hydroxylation is 1. The number of aliphatic hydroxyl groups excluding tert-OH is 1. The summed E-state index contributed by atoms with van der Waals surface area (Å²) in [4.78, 5) is 13.4. The molecule has 2 N–H and O–H groups in total. The first-order valence-corrected chi connectivity index (χ1v) is 6.99. The number of rotatable bonds is 2. The number of alkyl halides is 3. The molecule has 22 heavy (non-hydrogen) atoms. The van der Waals surface area contributed by atoms with E-state index in [4.69, 9.17) is 0 Å². The van der Waals surface area contributed by atoms with E-state index in [0.29, 0.717) is 13.0 Å². The van der Waals surface area contributed by atoms with Crippen LogP contribution in [0.3, 0.4) is 0 Å². The number of aliphatic hydroxyl groups is 1. The number of hydrogen-bond acceptors (Lipinski definition) is 3. The van der Waals surface area contributed by atoms with Gasteiger partial charge in [-0.1, -0.05) is 6.92 Å². The highest BCUT2D eigenvalue weighted by Gasteiger charge is 2.37. The van der Waals surface area contributed by atoms with E-state index in [-0.39, 0.29) is 24.6 Å². The van der Waals surface area contributed by atoms with Gasteiger partial charge in [0.15, 0.2) is 5.69 Å². The Morgan fingerprint density at radius 2 is 2.23 bits per heavy atom. The highest BCUT2D eigenvalue weighted by atomic mass is 19.4. The van der Waals surface area contributed by atoms with Gasteiger partial charge in [-0.3, -0.25) is 4.68 Å². The second kappa shape index (κ2) is 6.15. The summed E-state index contributed by atoms with van der Waals surface area (Å²) in [5, 5.41) is 15.6. The molecule has 2 atom stereocenters. The lowest BCUT2D eigenvalue weighted by Crippen LogP contribution is -2.49. The van der Waals surface area contributed by atoms with Crippen LogP contribution in [0.15, 0.2) is 6.20 Å². The summed E-state index contributed by atoms with van der Waals surface area (Å²) < 4.78 is 39.5. The molecule has 1 saturated heterocycles. The van der Waals surface area contributed by atoms with E-state index in [1.165, 1.54) is 18.1 Å². The molecular formula is C13H19F3N4O2. The minimum atomic E-state index is -4.56. The van der Waals surface area contributed by atoms with Crippen LogP contribution >= 0.6 is 0 Å². The zero-order valence-corrected chi connectivity index (χ0v) is 12.4. The van der Waals surface area contributed by atoms with Crippen molar-refractivity contribution in [3.05, 3.63) is 17.5 Å². The molecule has 1 aromatic heterocycles. The zero-order valence-electron chi connectivity index (χ0n) is 12.4. The van der Waals surface area contributed by atoms with Gasteiger partial charge in [0.05, 0.1) is 6.10 Å². The predicted octanol–water partition coefficient (Wildman–Crippen LogP) is 1.35. The second-order valence-corrected chi connectivity index (χ2v) is 5.61. The molecule has 1 fully saturated rings. The third kappa shape index (κ3) is 3.70. The summed E-state index contributed by atoms with van der Waals surface area (Å²) in [6.07, 6.45) is -3.27. The number of nitrogens with one attached hydrogen (secondary N) is 1. The van der Waals surface area contributed by atoms with Crippen LogP contribution in [-0.2, 0) is 19.8 Å². The van der Waals surface area contributed by atoms with E-state index in [0.717, 1.165) is 4.68 Å². The summed E-state index contributed by atoms with van der Waals surface area (Å²) in [7, 11) is 1.39. The third-order valence-corrected chi connectivity index (χ3v) is 3.81. The Bertz CT molecular complexity index is 544. The van der Waals surface area contributed by atoms with Crippen LogP contribution in [0.4, 0.5) is 18.0 Å². The average Bonchev–Trinajstić information content (AvgIpc) is 2.80. The van der Waals surface area contributed by atoms with Crippen molar-refractivity contribution in [2.75, 3.05) is 13.1 Å². The number of β-amino-alcohol motifs (C(OH)–C–C–N with tert-alkyl or cyclic N) is 1. The summed E-state index contributed by atoms with van der Waals surface area (Å²) in [5.74, 6) is 0.110. The van der Waals surface area contributed by atoms with Crippen molar-refractivity contribution in [3.8, 4) is 0 Å². The fourth-order valence-electron chi connectivity index (χ4n) is 2.42. The van der Waals surface area contributed by atoms with Crippen LogP contribution in [0.25, 0.3) is 0 Å². The molecule has 0 bridgehead atoms. The lowest BCUT2D eigenvalue weighted by molar-refractivity contribution is -0.142. The van der Waals surface area contributed by atoms with Gasteiger partial charge in [-0.2, -0.15) is 18.3 Å². The molecule has 6 nitrogen and oxygen atoms in total. The Labute approximate surface area is 125 Å². The molecule has 2 heterocycles. The molecule has 0 aromatic carbocycles. The van der Waals surface area contributed by atoms with Crippen molar-refractivity contribution in [1.82, 2.24) is 20.0 Å². The fourth-order valence-corrected chi connectivity index (χ4v) is 2.42. The molecule has 124 valence electrons. The summed E-state index contributed by atoms with van der Waals surface area (Å²) >= 11 is 0. The molecule has 1 aromatic rings. The first-order chi connectivity index (χ1) is 10.2. The summed E-state index contributed by atoms with van der Waals surface area (Å²) in [5.41, 5.74) is -1.09. The van der Waals surface area contributed by atoms with E-state index in [1.807, 2.05) is 6.92 Å². The van der Waals surface area contributed by atoms with E-state index >= 15 is 0 Å². The van der Waals surface area contributed by atoms with Crippen LogP contribution < -0.4 is 5.32 Å². The van der Waals surface area contributed by atoms with Gasteiger partial charge in [-0.05, 0) is 12.3 Å². The first-order valence-electron chi connectivity index (χ1n) is 6.99. The molecule has 0 radical (unpaired) electrons. The number of amides is 2. The lowest BCUT2D eigenvalue weighted by atomic mass is 9.96. The number of halogens is 3. The molecule has 0 spiro atoms. The van der Waals surface area contributed by atoms with E-state index in [9.17, 15) is 23.1 Å². The Morgan fingerprint density at radius 1 is 1.55 bits per heavy atom. The number of carbonyl (C=O) groups is 1. The van der Waals surface area contributed by atoms with E-state index < -0.39 is 24.0 Å². The Kier molecular flexibility index (Phi) is 4.64. The minimum absolute atomic E-state index is 0.0886. The van der Waals surface area contributed by atoms with E-state index in [1.54, 1.807) is 0 Å². The number of carbonyl (C=O) groups excluding carboxylic acids is 1. The van der Waals surface area contributed by atoms with Crippen LogP contribution in [0.2, 0.25) is 0 Å². The molecule has 0 aliphatic carbocycles. The van der Waals surface area contributed by atoms with Gasteiger partial charge in [0.1, 0.15) is 0 Å². The predicted molar refractivity (Wildman–Crippen MR) is 71.8 cm³/mol. The molecule has 9 heteroatoms. The van der Waals surface area contributed by atoms with Crippen LogP contribution in [0.5, 0.6) is 0 Å². The molecule has 1 aliphatic rings. The Morgan fingerprint density at radius 3 is 2.82 bits per heavy atom. The molecule has 1 aliphatic heterocycles. The molecule has 2 unspecified atom stereocenters. The fraction of sp³-hybridized carbons (Fsp3) is 0.692. The van der Waals surface area contributed by atoms with Gasteiger partial charge in [-0.25, -0.2) is 4.79 Å². The number of aromatic nitrogens is 2. The van der Waals surface area contributed by atoms with E-state index in [2.05, 4.69) is 10.4 Å². The Hall–Kier alpha value is -1.77. The number of nitrogens with zero attached hydrogens (tertiary/aromatic N) is 3. The van der Waals surface area contributed by atoms with Gasteiger partial charge in [0.2, 0.25) is 0 Å². The lowest BCUT2D eigenvalue weighted by Gasteiger charge is -2.34. The van der Waals surface area contributed by atoms with Crippen molar-refractivity contribution >= 4 is 6.03 Å². The van der Waals surface area contributed by atoms with Crippen molar-refractivity contribution < 1.29 is 23.1 Å². The molecule has 0 saturated carbocycles. The van der Waals surface area contributed by atoms with Crippen LogP contribution in [0, 0.1) is 5.92 Å². The Balaban J connectivity index is 1.97. The first kappa shape index (κ1) is 16.6.